The van der Waals surface area contributed by atoms with Crippen LogP contribution in [0.4, 0.5) is 5.69 Å². The first-order valence-electron chi connectivity index (χ1n) is 17.0. The van der Waals surface area contributed by atoms with Gasteiger partial charge in [0.15, 0.2) is 5.65 Å². The summed E-state index contributed by atoms with van der Waals surface area (Å²) in [5, 5.41) is 14.4. The molecule has 2 aromatic carbocycles. The molecule has 0 N–H and O–H groups in total. The van der Waals surface area contributed by atoms with Crippen LogP contribution in [0.15, 0.2) is 71.5 Å². The summed E-state index contributed by atoms with van der Waals surface area (Å²) >= 11 is 3.48. The number of carbonyl (C=O) groups excluding carboxylic acids is 2. The Kier molecular flexibility index (Phi) is 8.87. The lowest BCUT2D eigenvalue weighted by Crippen LogP contribution is -2.54. The second-order valence-electron chi connectivity index (χ2n) is 13.9. The SMILES string of the molecule is Cc1ccc(-c2cc(C(=O)N3CCN(C(C)(C)c4cn(C5CCCN(c6ccc(Br)cc6)C5=O)nn4)CC3)c3cnn(C(C)C)c3n2)cc1. The number of piperidine rings is 1. The van der Waals surface area contributed by atoms with E-state index in [0.717, 1.165) is 51.0 Å². The number of anilines is 1. The zero-order chi connectivity index (χ0) is 34.4. The van der Waals surface area contributed by atoms with Crippen LogP contribution >= 0.6 is 15.9 Å². The van der Waals surface area contributed by atoms with Gasteiger partial charge in [0.1, 0.15) is 11.7 Å². The summed E-state index contributed by atoms with van der Waals surface area (Å²) in [6.07, 6.45) is 5.31. The normalized spacial score (nSPS) is 17.8. The summed E-state index contributed by atoms with van der Waals surface area (Å²) in [5.74, 6) is 0.0169. The van der Waals surface area contributed by atoms with Crippen LogP contribution in [0.5, 0.6) is 0 Å². The molecule has 3 aromatic heterocycles. The van der Waals surface area contributed by atoms with Gasteiger partial charge in [-0.15, -0.1) is 5.10 Å². The number of hydrogen-bond donors (Lipinski definition) is 0. The van der Waals surface area contributed by atoms with Gasteiger partial charge in [0.2, 0.25) is 0 Å². The highest BCUT2D eigenvalue weighted by molar-refractivity contribution is 9.10. The summed E-state index contributed by atoms with van der Waals surface area (Å²) in [4.78, 5) is 38.9. The molecular weight excluding hydrogens is 682 g/mol. The number of piperazine rings is 1. The number of aromatic nitrogens is 6. The molecule has 5 heterocycles. The lowest BCUT2D eigenvalue weighted by atomic mass is 9.97. The topological polar surface area (TPSA) is 105 Å². The number of pyridine rings is 1. The van der Waals surface area contributed by atoms with E-state index in [1.165, 1.54) is 5.56 Å². The van der Waals surface area contributed by atoms with Crippen molar-refractivity contribution in [1.29, 1.82) is 0 Å². The molecule has 2 aliphatic rings. The Morgan fingerprint density at radius 3 is 2.39 bits per heavy atom. The Bertz CT molecular complexity index is 1990. The van der Waals surface area contributed by atoms with Crippen LogP contribution in [0, 0.1) is 6.92 Å². The van der Waals surface area contributed by atoms with Crippen LogP contribution in [-0.4, -0.2) is 84.1 Å². The smallest absolute Gasteiger partial charge is 0.254 e. The minimum absolute atomic E-state index is 0.0152. The van der Waals surface area contributed by atoms with Crippen molar-refractivity contribution < 1.29 is 9.59 Å². The van der Waals surface area contributed by atoms with Crippen molar-refractivity contribution in [3.8, 4) is 11.3 Å². The van der Waals surface area contributed by atoms with Crippen LogP contribution in [0.3, 0.4) is 0 Å². The van der Waals surface area contributed by atoms with E-state index in [1.807, 2.05) is 63.1 Å². The fraction of sp³-hybridized carbons (Fsp3) is 0.405. The number of fused-ring (bicyclic) bond motifs is 1. The minimum Gasteiger partial charge on any atom is -0.336 e. The third-order valence-electron chi connectivity index (χ3n) is 10.00. The summed E-state index contributed by atoms with van der Waals surface area (Å²) in [6, 6.07) is 17.7. The highest BCUT2D eigenvalue weighted by atomic mass is 79.9. The van der Waals surface area contributed by atoms with Crippen LogP contribution in [0.2, 0.25) is 0 Å². The van der Waals surface area contributed by atoms with Gasteiger partial charge in [-0.25, -0.2) is 14.3 Å². The predicted molar refractivity (Wildman–Crippen MR) is 193 cm³/mol. The van der Waals surface area contributed by atoms with Gasteiger partial charge in [0.25, 0.3) is 11.8 Å². The third-order valence-corrected chi connectivity index (χ3v) is 10.5. The molecule has 2 amide bonds. The summed E-state index contributed by atoms with van der Waals surface area (Å²) in [6.45, 7) is 13.6. The number of benzene rings is 2. The van der Waals surface area contributed by atoms with Gasteiger partial charge in [-0.05, 0) is 77.8 Å². The lowest BCUT2D eigenvalue weighted by Gasteiger charge is -2.43. The molecule has 0 aliphatic carbocycles. The maximum absolute atomic E-state index is 14.2. The van der Waals surface area contributed by atoms with E-state index >= 15 is 0 Å². The standard InChI is InChI=1S/C37H42BrN9O2/c1-24(2)47-34-30(22-39-47)29(21-31(40-34)26-10-8-25(3)9-11-26)35(48)43-17-19-44(20-18-43)37(4,5)33-23-46(42-41-33)32-7-6-16-45(36(32)49)28-14-12-27(38)13-15-28/h8-15,21-24,32H,6-7,16-20H2,1-5H3. The molecule has 0 bridgehead atoms. The lowest BCUT2D eigenvalue weighted by molar-refractivity contribution is -0.123. The van der Waals surface area contributed by atoms with Crippen molar-refractivity contribution >= 4 is 44.5 Å². The number of carbonyl (C=O) groups is 2. The van der Waals surface area contributed by atoms with E-state index in [9.17, 15) is 9.59 Å². The quantitative estimate of drug-likeness (QED) is 0.191. The van der Waals surface area contributed by atoms with Crippen molar-refractivity contribution in [2.24, 2.45) is 0 Å². The monoisotopic (exact) mass is 723 g/mol. The fourth-order valence-corrected chi connectivity index (χ4v) is 7.20. The first kappa shape index (κ1) is 33.1. The molecule has 5 aromatic rings. The van der Waals surface area contributed by atoms with Crippen molar-refractivity contribution in [3.63, 3.8) is 0 Å². The molecule has 2 aliphatic heterocycles. The van der Waals surface area contributed by atoms with Crippen molar-refractivity contribution in [2.75, 3.05) is 37.6 Å². The zero-order valence-electron chi connectivity index (χ0n) is 28.7. The summed E-state index contributed by atoms with van der Waals surface area (Å²) in [5.41, 5.74) is 5.48. The number of nitrogens with zero attached hydrogens (tertiary/aromatic N) is 9. The van der Waals surface area contributed by atoms with Crippen molar-refractivity contribution in [1.82, 2.24) is 39.6 Å². The molecule has 1 unspecified atom stereocenters. The van der Waals surface area contributed by atoms with Crippen LogP contribution < -0.4 is 4.90 Å². The number of rotatable bonds is 7. The molecule has 1 atom stereocenters. The van der Waals surface area contributed by atoms with Crippen molar-refractivity contribution in [3.05, 3.63) is 88.3 Å². The molecule has 2 fully saturated rings. The second kappa shape index (κ2) is 13.1. The number of aryl methyl sites for hydroxylation is 1. The van der Waals surface area contributed by atoms with E-state index in [4.69, 9.17) is 4.98 Å². The Labute approximate surface area is 295 Å². The second-order valence-corrected chi connectivity index (χ2v) is 14.8. The molecule has 7 rings (SSSR count). The minimum atomic E-state index is -0.447. The highest BCUT2D eigenvalue weighted by Gasteiger charge is 2.38. The molecule has 0 saturated carbocycles. The van der Waals surface area contributed by atoms with Crippen molar-refractivity contribution in [2.45, 2.75) is 65.1 Å². The Morgan fingerprint density at radius 2 is 1.69 bits per heavy atom. The molecule has 11 nitrogen and oxygen atoms in total. The first-order valence-corrected chi connectivity index (χ1v) is 17.8. The van der Waals surface area contributed by atoms with E-state index in [-0.39, 0.29) is 17.9 Å². The van der Waals surface area contributed by atoms with E-state index in [1.54, 1.807) is 10.9 Å². The molecule has 254 valence electrons. The van der Waals surface area contributed by atoms with Gasteiger partial charge < -0.3 is 9.80 Å². The Morgan fingerprint density at radius 1 is 0.980 bits per heavy atom. The van der Waals surface area contributed by atoms with Gasteiger partial charge in [-0.3, -0.25) is 14.5 Å². The van der Waals surface area contributed by atoms with Gasteiger partial charge >= 0.3 is 0 Å². The largest absolute Gasteiger partial charge is 0.336 e. The predicted octanol–water partition coefficient (Wildman–Crippen LogP) is 6.40. The van der Waals surface area contributed by atoms with Gasteiger partial charge in [-0.2, -0.15) is 5.10 Å². The Balaban J connectivity index is 1.07. The molecule has 12 heteroatoms. The van der Waals surface area contributed by atoms with Crippen LogP contribution in [0.1, 0.15) is 74.2 Å². The first-order chi connectivity index (χ1) is 23.5. The maximum atomic E-state index is 14.2. The van der Waals surface area contributed by atoms with Gasteiger partial charge in [0.05, 0.1) is 34.6 Å². The average molecular weight is 725 g/mol. The van der Waals surface area contributed by atoms with Gasteiger partial charge in [0, 0.05) is 54.5 Å². The Hall–Kier alpha value is -4.42. The molecule has 0 spiro atoms. The maximum Gasteiger partial charge on any atom is 0.254 e. The van der Waals surface area contributed by atoms with Crippen LogP contribution in [-0.2, 0) is 10.3 Å². The van der Waals surface area contributed by atoms with E-state index in [0.29, 0.717) is 38.3 Å². The van der Waals surface area contributed by atoms with E-state index in [2.05, 4.69) is 83.0 Å². The average Bonchev–Trinajstić information content (AvgIpc) is 3.77. The number of hydrogen-bond acceptors (Lipinski definition) is 7. The summed E-state index contributed by atoms with van der Waals surface area (Å²) in [7, 11) is 0. The molecule has 49 heavy (non-hydrogen) atoms. The zero-order valence-corrected chi connectivity index (χ0v) is 30.3. The van der Waals surface area contributed by atoms with Gasteiger partial charge in [-0.1, -0.05) is 51.0 Å². The van der Waals surface area contributed by atoms with E-state index < -0.39 is 11.6 Å². The molecule has 0 radical (unpaired) electrons. The number of halogens is 1. The number of amides is 2. The fourth-order valence-electron chi connectivity index (χ4n) is 6.93. The molecule has 2 saturated heterocycles. The molecular formula is C37H42BrN9O2. The summed E-state index contributed by atoms with van der Waals surface area (Å²) < 4.78 is 4.60. The van der Waals surface area contributed by atoms with Crippen LogP contribution in [0.25, 0.3) is 22.3 Å². The third kappa shape index (κ3) is 6.27. The highest BCUT2D eigenvalue weighted by Crippen LogP contribution is 2.33.